The van der Waals surface area contributed by atoms with Crippen LogP contribution in [-0.2, 0) is 16.1 Å². The highest BCUT2D eigenvalue weighted by atomic mass is 16.6. The van der Waals surface area contributed by atoms with Gasteiger partial charge < -0.3 is 14.4 Å². The number of aldehydes is 1. The van der Waals surface area contributed by atoms with Crippen molar-refractivity contribution < 1.29 is 14.3 Å². The topological polar surface area (TPSA) is 46.6 Å². The summed E-state index contributed by atoms with van der Waals surface area (Å²) in [5.41, 5.74) is 1.00. The van der Waals surface area contributed by atoms with Gasteiger partial charge in [-0.25, -0.2) is 4.79 Å². The van der Waals surface area contributed by atoms with E-state index in [0.717, 1.165) is 44.2 Å². The van der Waals surface area contributed by atoms with Gasteiger partial charge in [0, 0.05) is 19.0 Å². The number of piperidine rings is 1. The third kappa shape index (κ3) is 4.88. The Morgan fingerprint density at radius 1 is 1.33 bits per heavy atom. The summed E-state index contributed by atoms with van der Waals surface area (Å²) >= 11 is 0. The van der Waals surface area contributed by atoms with Crippen LogP contribution in [0.25, 0.3) is 0 Å². The second kappa shape index (κ2) is 7.81. The highest BCUT2D eigenvalue weighted by molar-refractivity contribution is 5.67. The van der Waals surface area contributed by atoms with Crippen molar-refractivity contribution in [1.82, 2.24) is 4.90 Å². The van der Waals surface area contributed by atoms with Crippen molar-refractivity contribution in [3.05, 3.63) is 35.9 Å². The van der Waals surface area contributed by atoms with Crippen LogP contribution in [0, 0.1) is 11.8 Å². The van der Waals surface area contributed by atoms with E-state index in [1.54, 1.807) is 4.90 Å². The minimum absolute atomic E-state index is 0.117. The van der Waals surface area contributed by atoms with Crippen LogP contribution in [0.1, 0.15) is 31.7 Å². The lowest BCUT2D eigenvalue weighted by atomic mass is 9.88. The quantitative estimate of drug-likeness (QED) is 0.782. The molecule has 1 heterocycles. The first-order valence-corrected chi connectivity index (χ1v) is 7.60. The average molecular weight is 289 g/mol. The number of carbonyl (C=O) groups excluding carboxylic acids is 2. The molecule has 4 heteroatoms. The largest absolute Gasteiger partial charge is 0.445 e. The molecule has 0 radical (unpaired) electrons. The monoisotopic (exact) mass is 289 g/mol. The number of carbonyl (C=O) groups is 2. The molecule has 0 aromatic heterocycles. The summed E-state index contributed by atoms with van der Waals surface area (Å²) in [4.78, 5) is 24.5. The molecule has 0 N–H and O–H groups in total. The molecule has 1 amide bonds. The fourth-order valence-corrected chi connectivity index (χ4v) is 2.74. The van der Waals surface area contributed by atoms with E-state index in [1.807, 2.05) is 37.3 Å². The zero-order valence-corrected chi connectivity index (χ0v) is 12.5. The highest BCUT2D eigenvalue weighted by Gasteiger charge is 2.24. The smallest absolute Gasteiger partial charge is 0.410 e. The highest BCUT2D eigenvalue weighted by Crippen LogP contribution is 2.24. The van der Waals surface area contributed by atoms with Crippen LogP contribution < -0.4 is 0 Å². The van der Waals surface area contributed by atoms with Gasteiger partial charge in [0.1, 0.15) is 12.9 Å². The van der Waals surface area contributed by atoms with Crippen molar-refractivity contribution in [3.63, 3.8) is 0 Å². The molecular formula is C17H23NO3. The van der Waals surface area contributed by atoms with Crippen molar-refractivity contribution >= 4 is 12.4 Å². The Hall–Kier alpha value is -1.84. The Labute approximate surface area is 126 Å². The number of ether oxygens (including phenoxy) is 1. The van der Waals surface area contributed by atoms with Crippen LogP contribution in [0.2, 0.25) is 0 Å². The third-order valence-corrected chi connectivity index (χ3v) is 4.02. The van der Waals surface area contributed by atoms with Gasteiger partial charge in [-0.3, -0.25) is 0 Å². The Morgan fingerprint density at radius 2 is 2.00 bits per heavy atom. The van der Waals surface area contributed by atoms with Gasteiger partial charge >= 0.3 is 6.09 Å². The minimum Gasteiger partial charge on any atom is -0.445 e. The molecule has 2 rings (SSSR count). The van der Waals surface area contributed by atoms with E-state index in [0.29, 0.717) is 12.5 Å². The SMILES string of the molecule is CC(C=O)CC1CCN(C(=O)OCc2ccccc2)CC1. The van der Waals surface area contributed by atoms with Gasteiger partial charge in [0.05, 0.1) is 0 Å². The summed E-state index contributed by atoms with van der Waals surface area (Å²) in [6, 6.07) is 9.70. The van der Waals surface area contributed by atoms with Crippen LogP contribution in [0.5, 0.6) is 0 Å². The molecule has 0 saturated carbocycles. The molecule has 1 aromatic rings. The van der Waals surface area contributed by atoms with Crippen LogP contribution >= 0.6 is 0 Å². The van der Waals surface area contributed by atoms with Gasteiger partial charge in [0.2, 0.25) is 0 Å². The molecule has 1 aliphatic rings. The molecule has 4 nitrogen and oxygen atoms in total. The van der Waals surface area contributed by atoms with Crippen LogP contribution in [0.3, 0.4) is 0 Å². The Morgan fingerprint density at radius 3 is 2.62 bits per heavy atom. The van der Waals surface area contributed by atoms with Gasteiger partial charge in [0.15, 0.2) is 0 Å². The summed E-state index contributed by atoms with van der Waals surface area (Å²) in [7, 11) is 0. The van der Waals surface area contributed by atoms with Crippen molar-refractivity contribution in [2.45, 2.75) is 32.8 Å². The first kappa shape index (κ1) is 15.5. The van der Waals surface area contributed by atoms with E-state index in [9.17, 15) is 9.59 Å². The molecule has 0 spiro atoms. The van der Waals surface area contributed by atoms with Crippen molar-refractivity contribution in [1.29, 1.82) is 0 Å². The predicted molar refractivity (Wildman–Crippen MR) is 80.8 cm³/mol. The lowest BCUT2D eigenvalue weighted by Crippen LogP contribution is -2.39. The normalized spacial score (nSPS) is 17.3. The second-order valence-electron chi connectivity index (χ2n) is 5.82. The molecule has 1 unspecified atom stereocenters. The average Bonchev–Trinajstić information content (AvgIpc) is 2.54. The van der Waals surface area contributed by atoms with E-state index in [-0.39, 0.29) is 12.0 Å². The molecule has 1 aromatic carbocycles. The maximum atomic E-state index is 12.0. The van der Waals surface area contributed by atoms with Crippen molar-refractivity contribution in [3.8, 4) is 0 Å². The molecule has 114 valence electrons. The third-order valence-electron chi connectivity index (χ3n) is 4.02. The summed E-state index contributed by atoms with van der Waals surface area (Å²) in [5, 5.41) is 0. The first-order chi connectivity index (χ1) is 10.2. The summed E-state index contributed by atoms with van der Waals surface area (Å²) in [5.74, 6) is 0.662. The van der Waals surface area contributed by atoms with E-state index in [1.165, 1.54) is 0 Å². The van der Waals surface area contributed by atoms with E-state index < -0.39 is 0 Å². The Bertz CT molecular complexity index is 452. The van der Waals surface area contributed by atoms with Crippen molar-refractivity contribution in [2.75, 3.05) is 13.1 Å². The summed E-state index contributed by atoms with van der Waals surface area (Å²) < 4.78 is 5.34. The Kier molecular flexibility index (Phi) is 5.78. The van der Waals surface area contributed by atoms with Gasteiger partial charge in [-0.05, 0) is 30.7 Å². The lowest BCUT2D eigenvalue weighted by Gasteiger charge is -2.31. The molecule has 1 fully saturated rings. The molecule has 0 aliphatic carbocycles. The summed E-state index contributed by atoms with van der Waals surface area (Å²) in [6.07, 6.45) is 3.62. The fourth-order valence-electron chi connectivity index (χ4n) is 2.74. The number of amides is 1. The van der Waals surface area contributed by atoms with Crippen LogP contribution in [0.15, 0.2) is 30.3 Å². The standard InChI is InChI=1S/C17H23NO3/c1-14(12-19)11-15-7-9-18(10-8-15)17(20)21-13-16-5-3-2-4-6-16/h2-6,12,14-15H,7-11,13H2,1H3. The summed E-state index contributed by atoms with van der Waals surface area (Å²) in [6.45, 7) is 3.73. The maximum absolute atomic E-state index is 12.0. The minimum atomic E-state index is -0.235. The zero-order valence-electron chi connectivity index (χ0n) is 12.5. The molecule has 21 heavy (non-hydrogen) atoms. The van der Waals surface area contributed by atoms with Crippen molar-refractivity contribution in [2.24, 2.45) is 11.8 Å². The van der Waals surface area contributed by atoms with E-state index >= 15 is 0 Å². The van der Waals surface area contributed by atoms with Gasteiger partial charge in [-0.2, -0.15) is 0 Å². The maximum Gasteiger partial charge on any atom is 0.410 e. The van der Waals surface area contributed by atoms with Gasteiger partial charge in [0.25, 0.3) is 0 Å². The molecule has 1 aliphatic heterocycles. The number of benzene rings is 1. The fraction of sp³-hybridized carbons (Fsp3) is 0.529. The Balaban J connectivity index is 1.72. The predicted octanol–water partition coefficient (Wildman–Crippen LogP) is 3.26. The second-order valence-corrected chi connectivity index (χ2v) is 5.82. The number of nitrogens with zero attached hydrogens (tertiary/aromatic N) is 1. The number of likely N-dealkylation sites (tertiary alicyclic amines) is 1. The van der Waals surface area contributed by atoms with Crippen LogP contribution in [-0.4, -0.2) is 30.4 Å². The lowest BCUT2D eigenvalue weighted by molar-refractivity contribution is -0.111. The number of rotatable bonds is 5. The molecule has 1 atom stereocenters. The molecule has 1 saturated heterocycles. The molecule has 0 bridgehead atoms. The number of hydrogen-bond donors (Lipinski definition) is 0. The van der Waals surface area contributed by atoms with Gasteiger partial charge in [-0.1, -0.05) is 37.3 Å². The number of hydrogen-bond acceptors (Lipinski definition) is 3. The van der Waals surface area contributed by atoms with E-state index in [2.05, 4.69) is 0 Å². The first-order valence-electron chi connectivity index (χ1n) is 7.60. The van der Waals surface area contributed by atoms with E-state index in [4.69, 9.17) is 4.74 Å². The zero-order chi connectivity index (χ0) is 15.1. The van der Waals surface area contributed by atoms with Crippen LogP contribution in [0.4, 0.5) is 4.79 Å². The molecular weight excluding hydrogens is 266 g/mol. The van der Waals surface area contributed by atoms with Gasteiger partial charge in [-0.15, -0.1) is 0 Å².